The number of anilines is 1. The minimum atomic E-state index is -1.08. The van der Waals surface area contributed by atoms with Crippen LogP contribution in [0, 0.1) is 5.82 Å². The zero-order valence-electron chi connectivity index (χ0n) is 16.1. The van der Waals surface area contributed by atoms with Crippen molar-refractivity contribution in [2.24, 2.45) is 0 Å². The van der Waals surface area contributed by atoms with Gasteiger partial charge in [-0.2, -0.15) is 0 Å². The van der Waals surface area contributed by atoms with Crippen molar-refractivity contribution in [3.8, 4) is 0 Å². The fourth-order valence-corrected chi connectivity index (χ4v) is 3.34. The van der Waals surface area contributed by atoms with E-state index in [1.807, 2.05) is 6.07 Å². The highest BCUT2D eigenvalue weighted by Crippen LogP contribution is 2.20. The van der Waals surface area contributed by atoms with Crippen LogP contribution in [0.2, 0.25) is 0 Å². The number of aromatic nitrogens is 1. The summed E-state index contributed by atoms with van der Waals surface area (Å²) in [6, 6.07) is 8.39. The third kappa shape index (κ3) is 6.17. The van der Waals surface area contributed by atoms with Crippen molar-refractivity contribution in [2.75, 3.05) is 18.4 Å². The molecule has 1 aliphatic heterocycles. The zero-order chi connectivity index (χ0) is 20.6. The molecule has 4 N–H and O–H groups in total. The number of amides is 2. The third-order valence-electron chi connectivity index (χ3n) is 4.78. The number of carbonyl (C=O) groups is 2. The fourth-order valence-electron chi connectivity index (χ4n) is 3.34. The molecule has 3 rings (SSSR count). The smallest absolute Gasteiger partial charge is 0.315 e. The van der Waals surface area contributed by atoms with Gasteiger partial charge in [-0.15, -0.1) is 0 Å². The number of carboxylic acids is 1. The van der Waals surface area contributed by atoms with Gasteiger partial charge in [0.15, 0.2) is 0 Å². The van der Waals surface area contributed by atoms with E-state index < -0.39 is 23.9 Å². The van der Waals surface area contributed by atoms with Crippen LogP contribution in [0.4, 0.5) is 15.0 Å². The van der Waals surface area contributed by atoms with Crippen LogP contribution in [0.5, 0.6) is 0 Å². The van der Waals surface area contributed by atoms with E-state index in [1.54, 1.807) is 6.07 Å². The fraction of sp³-hybridized carbons (Fsp3) is 0.381. The van der Waals surface area contributed by atoms with Crippen molar-refractivity contribution in [2.45, 2.75) is 38.1 Å². The Morgan fingerprint density at radius 1 is 1.28 bits per heavy atom. The van der Waals surface area contributed by atoms with Crippen molar-refractivity contribution in [3.63, 3.8) is 0 Å². The predicted octanol–water partition coefficient (Wildman–Crippen LogP) is 3.03. The highest BCUT2D eigenvalue weighted by molar-refractivity contribution is 5.76. The molecule has 8 heteroatoms. The molecule has 1 atom stereocenters. The molecule has 0 aliphatic carbocycles. The van der Waals surface area contributed by atoms with Gasteiger partial charge >= 0.3 is 12.0 Å². The SMILES string of the molecule is O=C(O)C[C@H](NC(=O)NCCCc1ccc2c(n1)NCCC2)c1cccc(F)c1. The van der Waals surface area contributed by atoms with Crippen LogP contribution < -0.4 is 16.0 Å². The summed E-state index contributed by atoms with van der Waals surface area (Å²) in [6.45, 7) is 1.36. The number of fused-ring (bicyclic) bond motifs is 1. The Bertz CT molecular complexity index is 875. The lowest BCUT2D eigenvalue weighted by Crippen LogP contribution is -2.39. The summed E-state index contributed by atoms with van der Waals surface area (Å²) in [5, 5.41) is 17.7. The first-order valence-corrected chi connectivity index (χ1v) is 9.75. The maximum absolute atomic E-state index is 13.4. The molecule has 2 aromatic rings. The number of hydrogen-bond acceptors (Lipinski definition) is 4. The first-order chi connectivity index (χ1) is 14.0. The van der Waals surface area contributed by atoms with Crippen LogP contribution in [-0.4, -0.2) is 35.2 Å². The summed E-state index contributed by atoms with van der Waals surface area (Å²) in [5.74, 6) is -0.607. The molecule has 0 bridgehead atoms. The van der Waals surface area contributed by atoms with Gasteiger partial charge in [0.25, 0.3) is 0 Å². The zero-order valence-corrected chi connectivity index (χ0v) is 16.1. The molecule has 154 valence electrons. The average Bonchev–Trinajstić information content (AvgIpc) is 2.70. The normalized spacial score (nSPS) is 13.7. The van der Waals surface area contributed by atoms with Gasteiger partial charge in [0.1, 0.15) is 11.6 Å². The van der Waals surface area contributed by atoms with Crippen molar-refractivity contribution < 1.29 is 19.1 Å². The topological polar surface area (TPSA) is 103 Å². The van der Waals surface area contributed by atoms with E-state index >= 15 is 0 Å². The molecular formula is C21H25FN4O3. The molecule has 2 heterocycles. The first kappa shape index (κ1) is 20.6. The maximum Gasteiger partial charge on any atom is 0.315 e. The van der Waals surface area contributed by atoms with Crippen LogP contribution in [0.25, 0.3) is 0 Å². The first-order valence-electron chi connectivity index (χ1n) is 9.75. The second kappa shape index (κ2) is 9.86. The number of benzene rings is 1. The van der Waals surface area contributed by atoms with Gasteiger partial charge < -0.3 is 21.1 Å². The van der Waals surface area contributed by atoms with Crippen LogP contribution in [0.15, 0.2) is 36.4 Å². The van der Waals surface area contributed by atoms with Gasteiger partial charge in [-0.3, -0.25) is 4.79 Å². The van der Waals surface area contributed by atoms with Crippen LogP contribution in [-0.2, 0) is 17.6 Å². The number of rotatable bonds is 8. The molecular weight excluding hydrogens is 375 g/mol. The Kier molecular flexibility index (Phi) is 6.99. The third-order valence-corrected chi connectivity index (χ3v) is 4.78. The van der Waals surface area contributed by atoms with Gasteiger partial charge in [-0.05, 0) is 55.0 Å². The van der Waals surface area contributed by atoms with Gasteiger partial charge in [0.2, 0.25) is 0 Å². The molecule has 1 aromatic carbocycles. The molecule has 2 amide bonds. The van der Waals surface area contributed by atoms with Crippen molar-refractivity contribution in [3.05, 3.63) is 59.0 Å². The predicted molar refractivity (Wildman–Crippen MR) is 107 cm³/mol. The van der Waals surface area contributed by atoms with E-state index in [0.29, 0.717) is 18.5 Å². The molecule has 1 aromatic heterocycles. The summed E-state index contributed by atoms with van der Waals surface area (Å²) >= 11 is 0. The van der Waals surface area contributed by atoms with Gasteiger partial charge in [-0.1, -0.05) is 18.2 Å². The van der Waals surface area contributed by atoms with E-state index in [2.05, 4.69) is 27.0 Å². The molecule has 0 radical (unpaired) electrons. The Balaban J connectivity index is 1.47. The number of carbonyl (C=O) groups excluding carboxylic acids is 1. The molecule has 0 unspecified atom stereocenters. The second-order valence-electron chi connectivity index (χ2n) is 7.05. The lowest BCUT2D eigenvalue weighted by Gasteiger charge is -2.18. The number of halogens is 1. The largest absolute Gasteiger partial charge is 0.481 e. The van der Waals surface area contributed by atoms with E-state index in [-0.39, 0.29) is 6.42 Å². The molecule has 1 aliphatic rings. The van der Waals surface area contributed by atoms with E-state index in [1.165, 1.54) is 23.8 Å². The summed E-state index contributed by atoms with van der Waals surface area (Å²) in [6.07, 6.45) is 3.25. The lowest BCUT2D eigenvalue weighted by molar-refractivity contribution is -0.137. The highest BCUT2D eigenvalue weighted by Gasteiger charge is 2.18. The number of urea groups is 1. The Morgan fingerprint density at radius 3 is 2.93 bits per heavy atom. The lowest BCUT2D eigenvalue weighted by atomic mass is 10.0. The van der Waals surface area contributed by atoms with E-state index in [0.717, 1.165) is 37.3 Å². The number of nitrogens with one attached hydrogen (secondary N) is 3. The minimum absolute atomic E-state index is 0.330. The van der Waals surface area contributed by atoms with Crippen LogP contribution in [0.3, 0.4) is 0 Å². The Morgan fingerprint density at radius 2 is 2.14 bits per heavy atom. The summed E-state index contributed by atoms with van der Waals surface area (Å²) in [7, 11) is 0. The monoisotopic (exact) mass is 400 g/mol. The number of carboxylic acid groups (broad SMARTS) is 1. The van der Waals surface area contributed by atoms with Gasteiger partial charge in [-0.25, -0.2) is 14.2 Å². The molecule has 0 saturated carbocycles. The quantitative estimate of drug-likeness (QED) is 0.510. The number of hydrogen-bond donors (Lipinski definition) is 4. The van der Waals surface area contributed by atoms with E-state index in [9.17, 15) is 14.0 Å². The standard InChI is InChI=1S/C21H25FN4O3/c22-16-6-1-4-15(12-16)18(13-19(27)28)26-21(29)24-11-3-7-17-9-8-14-5-2-10-23-20(14)25-17/h1,4,6,8-9,12,18H,2-3,5,7,10-11,13H2,(H,23,25)(H,27,28)(H2,24,26,29)/t18-/m0/s1. The minimum Gasteiger partial charge on any atom is -0.481 e. The van der Waals surface area contributed by atoms with Crippen LogP contribution in [0.1, 0.15) is 42.1 Å². The van der Waals surface area contributed by atoms with Crippen LogP contribution >= 0.6 is 0 Å². The van der Waals surface area contributed by atoms with Crippen molar-refractivity contribution >= 4 is 17.8 Å². The Hall–Kier alpha value is -3.16. The summed E-state index contributed by atoms with van der Waals surface area (Å²) in [5.41, 5.74) is 2.61. The maximum atomic E-state index is 13.4. The van der Waals surface area contributed by atoms with Gasteiger partial charge in [0.05, 0.1) is 12.5 Å². The number of pyridine rings is 1. The average molecular weight is 400 g/mol. The summed E-state index contributed by atoms with van der Waals surface area (Å²) in [4.78, 5) is 27.9. The number of aryl methyl sites for hydroxylation is 2. The van der Waals surface area contributed by atoms with Gasteiger partial charge in [0, 0.05) is 18.8 Å². The Labute approximate surface area is 168 Å². The highest BCUT2D eigenvalue weighted by atomic mass is 19.1. The van der Waals surface area contributed by atoms with E-state index in [4.69, 9.17) is 5.11 Å². The molecule has 0 spiro atoms. The number of nitrogens with zero attached hydrogens (tertiary/aromatic N) is 1. The second-order valence-corrected chi connectivity index (χ2v) is 7.05. The molecule has 0 fully saturated rings. The number of aliphatic carboxylic acids is 1. The summed E-state index contributed by atoms with van der Waals surface area (Å²) < 4.78 is 13.4. The van der Waals surface area contributed by atoms with Crippen molar-refractivity contribution in [1.82, 2.24) is 15.6 Å². The molecule has 7 nitrogen and oxygen atoms in total. The molecule has 0 saturated heterocycles. The molecule has 29 heavy (non-hydrogen) atoms. The van der Waals surface area contributed by atoms with Crippen molar-refractivity contribution in [1.29, 1.82) is 0 Å².